The molecule has 142 valence electrons. The van der Waals surface area contributed by atoms with Crippen LogP contribution in [0.1, 0.15) is 26.2 Å². The van der Waals surface area contributed by atoms with Crippen molar-refractivity contribution in [3.8, 4) is 0 Å². The predicted octanol–water partition coefficient (Wildman–Crippen LogP) is 3.52. The highest BCUT2D eigenvalue weighted by molar-refractivity contribution is 14.0. The molecule has 1 aliphatic heterocycles. The Kier molecular flexibility index (Phi) is 11.2. The van der Waals surface area contributed by atoms with Crippen LogP contribution < -0.4 is 15.5 Å². The first-order valence-electron chi connectivity index (χ1n) is 8.78. The summed E-state index contributed by atoms with van der Waals surface area (Å²) in [5.74, 6) is 0.879. The summed E-state index contributed by atoms with van der Waals surface area (Å²) in [6.07, 6.45) is 3.25. The largest absolute Gasteiger partial charge is 0.382 e. The van der Waals surface area contributed by atoms with Crippen molar-refractivity contribution in [1.29, 1.82) is 0 Å². The quantitative estimate of drug-likeness (QED) is 0.259. The fourth-order valence-corrected chi connectivity index (χ4v) is 3.04. The zero-order valence-electron chi connectivity index (χ0n) is 15.1. The molecule has 2 N–H and O–H groups in total. The van der Waals surface area contributed by atoms with Crippen LogP contribution in [-0.2, 0) is 4.74 Å². The summed E-state index contributed by atoms with van der Waals surface area (Å²) in [6, 6.07) is 8.45. The van der Waals surface area contributed by atoms with Gasteiger partial charge in [-0.25, -0.2) is 0 Å². The zero-order chi connectivity index (χ0) is 17.2. The Labute approximate surface area is 173 Å². The van der Waals surface area contributed by atoms with Crippen molar-refractivity contribution in [3.05, 3.63) is 29.3 Å². The predicted molar refractivity (Wildman–Crippen MR) is 118 cm³/mol. The number of nitrogens with one attached hydrogen (secondary N) is 2. The molecule has 0 bridgehead atoms. The van der Waals surface area contributed by atoms with Gasteiger partial charge in [0.2, 0.25) is 0 Å². The van der Waals surface area contributed by atoms with E-state index in [2.05, 4.69) is 26.6 Å². The van der Waals surface area contributed by atoms with Gasteiger partial charge in [0, 0.05) is 56.6 Å². The molecule has 1 heterocycles. The Morgan fingerprint density at radius 2 is 2.24 bits per heavy atom. The molecule has 0 amide bonds. The molecule has 1 aromatic carbocycles. The van der Waals surface area contributed by atoms with Crippen molar-refractivity contribution in [2.45, 2.75) is 32.2 Å². The molecule has 7 heteroatoms. The second kappa shape index (κ2) is 12.6. The van der Waals surface area contributed by atoms with Crippen molar-refractivity contribution < 1.29 is 4.74 Å². The van der Waals surface area contributed by atoms with Gasteiger partial charge >= 0.3 is 0 Å². The first-order chi connectivity index (χ1) is 11.7. The molecule has 0 saturated carbocycles. The van der Waals surface area contributed by atoms with Gasteiger partial charge in [-0.1, -0.05) is 17.7 Å². The summed E-state index contributed by atoms with van der Waals surface area (Å²) in [5, 5.41) is 7.68. The van der Waals surface area contributed by atoms with E-state index >= 15 is 0 Å². The van der Waals surface area contributed by atoms with Gasteiger partial charge in [-0.05, 0) is 44.4 Å². The normalized spacial score (nSPS) is 17.3. The molecule has 25 heavy (non-hydrogen) atoms. The van der Waals surface area contributed by atoms with Crippen LogP contribution >= 0.6 is 35.6 Å². The molecule has 0 aromatic heterocycles. The number of ether oxygens (including phenoxy) is 1. The highest BCUT2D eigenvalue weighted by Gasteiger charge is 2.23. The average molecular weight is 481 g/mol. The maximum absolute atomic E-state index is 6.09. The fourth-order valence-electron chi connectivity index (χ4n) is 2.85. The van der Waals surface area contributed by atoms with Crippen LogP contribution in [0.15, 0.2) is 29.3 Å². The van der Waals surface area contributed by atoms with Gasteiger partial charge in [0.1, 0.15) is 0 Å². The third kappa shape index (κ3) is 8.00. The Balaban J connectivity index is 0.00000312. The lowest BCUT2D eigenvalue weighted by atomic mass is 10.2. The minimum atomic E-state index is 0. The number of anilines is 1. The van der Waals surface area contributed by atoms with E-state index in [0.717, 1.165) is 63.1 Å². The summed E-state index contributed by atoms with van der Waals surface area (Å²) >= 11 is 6.09. The van der Waals surface area contributed by atoms with Gasteiger partial charge in [0.25, 0.3) is 0 Å². The third-order valence-electron chi connectivity index (χ3n) is 4.14. The van der Waals surface area contributed by atoms with Crippen molar-refractivity contribution in [2.75, 3.05) is 44.8 Å². The van der Waals surface area contributed by atoms with Crippen molar-refractivity contribution in [2.24, 2.45) is 4.99 Å². The number of hydrogen-bond donors (Lipinski definition) is 2. The fraction of sp³-hybridized carbons (Fsp3) is 0.611. The summed E-state index contributed by atoms with van der Waals surface area (Å²) < 4.78 is 5.35. The molecule has 0 radical (unpaired) electrons. The van der Waals surface area contributed by atoms with Gasteiger partial charge in [0.05, 0.1) is 0 Å². The van der Waals surface area contributed by atoms with E-state index < -0.39 is 0 Å². The molecule has 1 saturated heterocycles. The lowest BCUT2D eigenvalue weighted by molar-refractivity contribution is 0.143. The van der Waals surface area contributed by atoms with E-state index in [1.165, 1.54) is 5.69 Å². The first-order valence-corrected chi connectivity index (χ1v) is 9.16. The van der Waals surface area contributed by atoms with E-state index in [1.807, 2.05) is 32.2 Å². The SMILES string of the molecule is CCOCCCCNC(=NC)NC1CCN(c2cccc(Cl)c2)C1.I. The second-order valence-electron chi connectivity index (χ2n) is 5.96. The number of hydrogen-bond acceptors (Lipinski definition) is 3. The maximum Gasteiger partial charge on any atom is 0.191 e. The molecular weight excluding hydrogens is 451 g/mol. The number of unbranched alkanes of at least 4 members (excludes halogenated alkanes) is 1. The molecule has 1 atom stereocenters. The lowest BCUT2D eigenvalue weighted by Crippen LogP contribution is -2.44. The molecule has 1 aromatic rings. The van der Waals surface area contributed by atoms with Gasteiger partial charge in [-0.2, -0.15) is 0 Å². The topological polar surface area (TPSA) is 48.9 Å². The molecule has 0 aliphatic carbocycles. The molecule has 1 fully saturated rings. The van der Waals surface area contributed by atoms with E-state index in [0.29, 0.717) is 6.04 Å². The number of rotatable bonds is 8. The average Bonchev–Trinajstić information content (AvgIpc) is 3.05. The summed E-state index contributed by atoms with van der Waals surface area (Å²) in [5.41, 5.74) is 1.19. The molecule has 0 spiro atoms. The van der Waals surface area contributed by atoms with Crippen LogP contribution in [-0.4, -0.2) is 51.9 Å². The number of guanidine groups is 1. The standard InChI is InChI=1S/C18H29ClN4O.HI/c1-3-24-12-5-4-10-21-18(20-2)22-16-9-11-23(14-16)17-8-6-7-15(19)13-17;/h6-8,13,16H,3-5,9-12,14H2,1-2H3,(H2,20,21,22);1H. The Morgan fingerprint density at radius 1 is 1.40 bits per heavy atom. The van der Waals surface area contributed by atoms with E-state index in [1.54, 1.807) is 0 Å². The van der Waals surface area contributed by atoms with Gasteiger partial charge < -0.3 is 20.3 Å². The summed E-state index contributed by atoms with van der Waals surface area (Å²) in [7, 11) is 1.82. The number of benzene rings is 1. The first kappa shape index (κ1) is 22.3. The van der Waals surface area contributed by atoms with Crippen LogP contribution in [0.4, 0.5) is 5.69 Å². The van der Waals surface area contributed by atoms with Gasteiger partial charge in [-0.15, -0.1) is 24.0 Å². The van der Waals surface area contributed by atoms with E-state index in [-0.39, 0.29) is 24.0 Å². The zero-order valence-corrected chi connectivity index (χ0v) is 18.2. The smallest absolute Gasteiger partial charge is 0.191 e. The van der Waals surface area contributed by atoms with Crippen molar-refractivity contribution >= 4 is 47.2 Å². The maximum atomic E-state index is 6.09. The number of halogens is 2. The molecular formula is C18H30ClIN4O. The second-order valence-corrected chi connectivity index (χ2v) is 6.40. The molecule has 2 rings (SSSR count). The van der Waals surface area contributed by atoms with Crippen molar-refractivity contribution in [1.82, 2.24) is 10.6 Å². The Morgan fingerprint density at radius 3 is 2.96 bits per heavy atom. The Hall–Kier alpha value is -0.730. The van der Waals surface area contributed by atoms with Gasteiger partial charge in [-0.3, -0.25) is 4.99 Å². The minimum Gasteiger partial charge on any atom is -0.382 e. The third-order valence-corrected chi connectivity index (χ3v) is 4.37. The minimum absolute atomic E-state index is 0. The van der Waals surface area contributed by atoms with Crippen LogP contribution in [0.25, 0.3) is 0 Å². The summed E-state index contributed by atoms with van der Waals surface area (Å²) in [4.78, 5) is 6.68. The van der Waals surface area contributed by atoms with Crippen LogP contribution in [0.2, 0.25) is 5.02 Å². The van der Waals surface area contributed by atoms with Crippen LogP contribution in [0.3, 0.4) is 0 Å². The molecule has 1 aliphatic rings. The van der Waals surface area contributed by atoms with E-state index in [9.17, 15) is 0 Å². The number of aliphatic imine (C=N–C) groups is 1. The van der Waals surface area contributed by atoms with Crippen LogP contribution in [0.5, 0.6) is 0 Å². The van der Waals surface area contributed by atoms with Crippen LogP contribution in [0, 0.1) is 0 Å². The lowest BCUT2D eigenvalue weighted by Gasteiger charge is -2.20. The van der Waals surface area contributed by atoms with E-state index in [4.69, 9.17) is 16.3 Å². The Bertz CT molecular complexity index is 530. The molecule has 5 nitrogen and oxygen atoms in total. The summed E-state index contributed by atoms with van der Waals surface area (Å²) in [6.45, 7) is 6.56. The molecule has 1 unspecified atom stereocenters. The highest BCUT2D eigenvalue weighted by Crippen LogP contribution is 2.23. The van der Waals surface area contributed by atoms with Crippen molar-refractivity contribution in [3.63, 3.8) is 0 Å². The van der Waals surface area contributed by atoms with Gasteiger partial charge in [0.15, 0.2) is 5.96 Å². The monoisotopic (exact) mass is 480 g/mol. The number of nitrogens with zero attached hydrogens (tertiary/aromatic N) is 2. The highest BCUT2D eigenvalue weighted by atomic mass is 127.